The zero-order chi connectivity index (χ0) is 14.8. The second-order valence-corrected chi connectivity index (χ2v) is 5.29. The lowest BCUT2D eigenvalue weighted by atomic mass is 10.1. The van der Waals surface area contributed by atoms with Crippen molar-refractivity contribution in [3.8, 4) is 22.8 Å². The van der Waals surface area contributed by atoms with Crippen LogP contribution in [0.4, 0.5) is 0 Å². The van der Waals surface area contributed by atoms with Crippen molar-refractivity contribution in [3.63, 3.8) is 0 Å². The number of hydrogen-bond donors (Lipinski definition) is 1. The zero-order valence-corrected chi connectivity index (χ0v) is 12.4. The number of hydrogen-bond acceptors (Lipinski definition) is 3. The van der Waals surface area contributed by atoms with E-state index in [9.17, 15) is 9.90 Å². The summed E-state index contributed by atoms with van der Waals surface area (Å²) in [6.07, 6.45) is 0. The Labute approximate surface area is 129 Å². The fraction of sp³-hybridized carbons (Fsp3) is 0. The zero-order valence-electron chi connectivity index (χ0n) is 10.8. The van der Waals surface area contributed by atoms with E-state index in [2.05, 4.69) is 20.9 Å². The number of halogens is 1. The van der Waals surface area contributed by atoms with Crippen molar-refractivity contribution >= 4 is 21.9 Å². The van der Waals surface area contributed by atoms with Crippen molar-refractivity contribution < 1.29 is 14.3 Å². The van der Waals surface area contributed by atoms with Gasteiger partial charge in [0, 0.05) is 15.6 Å². The highest BCUT2D eigenvalue weighted by molar-refractivity contribution is 9.10. The van der Waals surface area contributed by atoms with E-state index in [1.54, 1.807) is 12.1 Å². The van der Waals surface area contributed by atoms with E-state index in [0.29, 0.717) is 11.5 Å². The van der Waals surface area contributed by atoms with Crippen LogP contribution in [0.25, 0.3) is 22.8 Å². The first-order valence-corrected chi connectivity index (χ1v) is 7.00. The Morgan fingerprint density at radius 1 is 1.05 bits per heavy atom. The highest BCUT2D eigenvalue weighted by Crippen LogP contribution is 2.31. The van der Waals surface area contributed by atoms with E-state index >= 15 is 0 Å². The first-order chi connectivity index (χ1) is 10.1. The van der Waals surface area contributed by atoms with Gasteiger partial charge in [-0.05, 0) is 24.3 Å². The minimum atomic E-state index is -1.11. The summed E-state index contributed by atoms with van der Waals surface area (Å²) in [5.41, 5.74) is 1.31. The minimum Gasteiger partial charge on any atom is -0.476 e. The lowest BCUT2D eigenvalue weighted by Crippen LogP contribution is -1.98. The summed E-state index contributed by atoms with van der Waals surface area (Å²) in [6.45, 7) is 0. The smallest absolute Gasteiger partial charge is 0.358 e. The summed E-state index contributed by atoms with van der Waals surface area (Å²) in [5.74, 6) is -0.568. The van der Waals surface area contributed by atoms with Crippen LogP contribution in [-0.4, -0.2) is 16.1 Å². The van der Waals surface area contributed by atoms with Gasteiger partial charge in [-0.15, -0.1) is 0 Å². The van der Waals surface area contributed by atoms with Gasteiger partial charge in [0.25, 0.3) is 0 Å². The Kier molecular flexibility index (Phi) is 3.58. The fourth-order valence-corrected chi connectivity index (χ4v) is 2.39. The van der Waals surface area contributed by atoms with Crippen molar-refractivity contribution in [2.45, 2.75) is 0 Å². The molecule has 5 heteroatoms. The third-order valence-corrected chi connectivity index (χ3v) is 3.43. The normalized spacial score (nSPS) is 10.5. The van der Waals surface area contributed by atoms with Crippen LogP contribution in [0, 0.1) is 0 Å². The molecule has 0 radical (unpaired) electrons. The van der Waals surface area contributed by atoms with Crippen LogP contribution < -0.4 is 0 Å². The number of benzene rings is 2. The van der Waals surface area contributed by atoms with Crippen LogP contribution in [0.15, 0.2) is 63.5 Å². The molecule has 0 saturated carbocycles. The minimum absolute atomic E-state index is 0.0908. The second-order valence-electron chi connectivity index (χ2n) is 4.38. The number of nitrogens with zero attached hydrogens (tertiary/aromatic N) is 1. The summed E-state index contributed by atoms with van der Waals surface area (Å²) < 4.78 is 6.53. The largest absolute Gasteiger partial charge is 0.476 e. The molecule has 0 aliphatic heterocycles. The van der Waals surface area contributed by atoms with Crippen LogP contribution in [0.5, 0.6) is 0 Å². The summed E-state index contributed by atoms with van der Waals surface area (Å²) in [5, 5.41) is 9.32. The van der Waals surface area contributed by atoms with Gasteiger partial charge in [-0.2, -0.15) is 0 Å². The van der Waals surface area contributed by atoms with E-state index in [-0.39, 0.29) is 11.5 Å². The fourth-order valence-electron chi connectivity index (χ4n) is 1.99. The van der Waals surface area contributed by atoms with Gasteiger partial charge in [-0.3, -0.25) is 0 Å². The van der Waals surface area contributed by atoms with E-state index in [1.165, 1.54) is 0 Å². The molecule has 0 unspecified atom stereocenters. The van der Waals surface area contributed by atoms with Crippen LogP contribution in [0.2, 0.25) is 0 Å². The molecule has 1 N–H and O–H groups in total. The number of carboxylic acid groups (broad SMARTS) is 1. The molecule has 1 heterocycles. The Morgan fingerprint density at radius 2 is 1.76 bits per heavy atom. The predicted molar refractivity (Wildman–Crippen MR) is 82.0 cm³/mol. The second kappa shape index (κ2) is 5.54. The van der Waals surface area contributed by atoms with Crippen molar-refractivity contribution in [2.24, 2.45) is 0 Å². The number of aromatic carboxylic acids is 1. The summed E-state index contributed by atoms with van der Waals surface area (Å²) in [7, 11) is 0. The average molecular weight is 344 g/mol. The molecule has 0 spiro atoms. The number of oxazole rings is 1. The molecule has 2 aromatic carbocycles. The van der Waals surface area contributed by atoms with E-state index < -0.39 is 5.97 Å². The van der Waals surface area contributed by atoms with Crippen molar-refractivity contribution in [1.82, 2.24) is 4.98 Å². The monoisotopic (exact) mass is 343 g/mol. The molecule has 4 nitrogen and oxygen atoms in total. The lowest BCUT2D eigenvalue weighted by molar-refractivity contribution is 0.0691. The molecule has 104 valence electrons. The summed E-state index contributed by atoms with van der Waals surface area (Å²) >= 11 is 3.36. The molecule has 0 saturated heterocycles. The number of carbonyl (C=O) groups is 1. The molecular formula is C16H10BrNO3. The van der Waals surface area contributed by atoms with Crippen molar-refractivity contribution in [3.05, 3.63) is 64.8 Å². The SMILES string of the molecule is O=C(O)c1nc(-c2ccccc2)oc1-c1cccc(Br)c1. The molecule has 0 atom stereocenters. The number of rotatable bonds is 3. The topological polar surface area (TPSA) is 63.3 Å². The maximum absolute atomic E-state index is 11.4. The molecule has 0 aliphatic rings. The van der Waals surface area contributed by atoms with Crippen LogP contribution in [0.1, 0.15) is 10.5 Å². The van der Waals surface area contributed by atoms with Crippen LogP contribution in [-0.2, 0) is 0 Å². The Morgan fingerprint density at radius 3 is 2.43 bits per heavy atom. The van der Waals surface area contributed by atoms with Gasteiger partial charge < -0.3 is 9.52 Å². The summed E-state index contributed by atoms with van der Waals surface area (Å²) in [4.78, 5) is 15.5. The third kappa shape index (κ3) is 2.73. The van der Waals surface area contributed by atoms with Gasteiger partial charge in [0.2, 0.25) is 5.89 Å². The standard InChI is InChI=1S/C16H10BrNO3/c17-12-8-4-7-11(9-12)14-13(16(19)20)18-15(21-14)10-5-2-1-3-6-10/h1-9H,(H,19,20). The third-order valence-electron chi connectivity index (χ3n) is 2.94. The molecule has 3 aromatic rings. The van der Waals surface area contributed by atoms with Gasteiger partial charge in [0.05, 0.1) is 0 Å². The first-order valence-electron chi connectivity index (χ1n) is 6.20. The molecule has 3 rings (SSSR count). The average Bonchev–Trinajstić information content (AvgIpc) is 2.93. The highest BCUT2D eigenvalue weighted by Gasteiger charge is 2.21. The first kappa shape index (κ1) is 13.6. The molecule has 0 aliphatic carbocycles. The number of aromatic nitrogens is 1. The quantitative estimate of drug-likeness (QED) is 0.761. The van der Waals surface area contributed by atoms with Gasteiger partial charge in [0.1, 0.15) is 0 Å². The van der Waals surface area contributed by atoms with Crippen molar-refractivity contribution in [2.75, 3.05) is 0 Å². The number of carboxylic acids is 1. The molecule has 0 bridgehead atoms. The van der Waals surface area contributed by atoms with E-state index in [4.69, 9.17) is 4.42 Å². The van der Waals surface area contributed by atoms with Crippen LogP contribution in [0.3, 0.4) is 0 Å². The highest BCUT2D eigenvalue weighted by atomic mass is 79.9. The molecule has 0 amide bonds. The van der Waals surface area contributed by atoms with Gasteiger partial charge in [0.15, 0.2) is 11.5 Å². The molecule has 21 heavy (non-hydrogen) atoms. The lowest BCUT2D eigenvalue weighted by Gasteiger charge is -1.98. The van der Waals surface area contributed by atoms with Gasteiger partial charge in [-0.1, -0.05) is 46.3 Å². The predicted octanol–water partition coefficient (Wildman–Crippen LogP) is 4.47. The Hall–Kier alpha value is -2.40. The van der Waals surface area contributed by atoms with Crippen molar-refractivity contribution in [1.29, 1.82) is 0 Å². The Balaban J connectivity index is 2.16. The molecule has 1 aromatic heterocycles. The maximum Gasteiger partial charge on any atom is 0.358 e. The maximum atomic E-state index is 11.4. The van der Waals surface area contributed by atoms with E-state index in [0.717, 1.165) is 10.0 Å². The summed E-state index contributed by atoms with van der Waals surface area (Å²) in [6, 6.07) is 16.5. The van der Waals surface area contributed by atoms with Gasteiger partial charge >= 0.3 is 5.97 Å². The van der Waals surface area contributed by atoms with Gasteiger partial charge in [-0.25, -0.2) is 9.78 Å². The molecule has 0 fully saturated rings. The molecular weight excluding hydrogens is 334 g/mol. The Bertz CT molecular complexity index is 796. The van der Waals surface area contributed by atoms with Crippen LogP contribution >= 0.6 is 15.9 Å². The van der Waals surface area contributed by atoms with E-state index in [1.807, 2.05) is 42.5 Å².